The van der Waals surface area contributed by atoms with Gasteiger partial charge >= 0.3 is 0 Å². The van der Waals surface area contributed by atoms with Crippen molar-refractivity contribution in [2.75, 3.05) is 5.73 Å². The fourth-order valence-corrected chi connectivity index (χ4v) is 5.31. The number of phenols is 1. The summed E-state index contributed by atoms with van der Waals surface area (Å²) < 4.78 is 21.6. The first-order valence-corrected chi connectivity index (χ1v) is 12.1. The third kappa shape index (κ3) is 3.71. The first kappa shape index (κ1) is 22.8. The Labute approximate surface area is 213 Å². The Morgan fingerprint density at radius 1 is 1.11 bits per heavy atom. The number of aromatic hydroxyl groups is 1. The predicted octanol–water partition coefficient (Wildman–Crippen LogP) is 4.35. The van der Waals surface area contributed by atoms with E-state index >= 15 is 0 Å². The number of aryl methyl sites for hydroxylation is 2. The Bertz CT molecular complexity index is 1890. The van der Waals surface area contributed by atoms with E-state index in [-0.39, 0.29) is 17.9 Å². The number of hydrogen-bond donors (Lipinski definition) is 2. The number of nitrogens with two attached hydrogens (primary N) is 1. The Balaban J connectivity index is 1.62. The molecule has 4 aromatic heterocycles. The number of phenolic OH excluding ortho intramolecular Hbond substituents is 1. The molecule has 11 heteroatoms. The molecule has 0 saturated carbocycles. The Kier molecular flexibility index (Phi) is 5.23. The molecule has 4 heterocycles. The second kappa shape index (κ2) is 8.49. The fourth-order valence-electron chi connectivity index (χ4n) is 4.52. The quantitative estimate of drug-likeness (QED) is 0.359. The van der Waals surface area contributed by atoms with Gasteiger partial charge in [-0.3, -0.25) is 9.36 Å². The molecule has 0 radical (unpaired) electrons. The first-order chi connectivity index (χ1) is 17.8. The highest BCUT2D eigenvalue weighted by Gasteiger charge is 2.22. The van der Waals surface area contributed by atoms with Gasteiger partial charge in [-0.2, -0.15) is 9.47 Å². The van der Waals surface area contributed by atoms with E-state index in [0.29, 0.717) is 55.4 Å². The highest BCUT2D eigenvalue weighted by atomic mass is 32.1. The maximum atomic E-state index is 14.1. The molecule has 0 aliphatic carbocycles. The van der Waals surface area contributed by atoms with Crippen molar-refractivity contribution in [3.63, 3.8) is 0 Å². The number of benzene rings is 2. The second-order valence-electron chi connectivity index (χ2n) is 8.71. The number of pyridine rings is 1. The summed E-state index contributed by atoms with van der Waals surface area (Å²) >= 11 is 1.16. The van der Waals surface area contributed by atoms with Crippen LogP contribution >= 0.6 is 11.5 Å². The number of aromatic nitrogens is 6. The molecule has 0 spiro atoms. The normalized spacial score (nSPS) is 11.5. The molecule has 0 bridgehead atoms. The van der Waals surface area contributed by atoms with Crippen LogP contribution in [0.2, 0.25) is 0 Å². The number of nitrogen functional groups attached to an aromatic ring is 1. The minimum Gasteiger partial charge on any atom is -0.508 e. The van der Waals surface area contributed by atoms with Crippen LogP contribution in [-0.4, -0.2) is 33.8 Å². The van der Waals surface area contributed by atoms with Crippen LogP contribution in [0.4, 0.5) is 10.1 Å². The van der Waals surface area contributed by atoms with Gasteiger partial charge in [-0.1, -0.05) is 18.2 Å². The summed E-state index contributed by atoms with van der Waals surface area (Å²) in [6.07, 6.45) is 1.56. The van der Waals surface area contributed by atoms with Gasteiger partial charge in [-0.25, -0.2) is 19.0 Å². The number of halogens is 1. The molecule has 184 valence electrons. The van der Waals surface area contributed by atoms with E-state index in [0.717, 1.165) is 23.2 Å². The lowest BCUT2D eigenvalue weighted by atomic mass is 10.1. The van der Waals surface area contributed by atoms with E-state index in [2.05, 4.69) is 9.36 Å². The second-order valence-corrected chi connectivity index (χ2v) is 9.46. The molecule has 6 rings (SSSR count). The lowest BCUT2D eigenvalue weighted by molar-refractivity contribution is 0.469. The van der Waals surface area contributed by atoms with Crippen molar-refractivity contribution in [2.24, 2.45) is 0 Å². The molecule has 0 fully saturated rings. The zero-order valence-corrected chi connectivity index (χ0v) is 20.6. The molecule has 0 amide bonds. The summed E-state index contributed by atoms with van der Waals surface area (Å²) in [4.78, 5) is 23.6. The van der Waals surface area contributed by atoms with Gasteiger partial charge in [0.2, 0.25) is 0 Å². The summed E-state index contributed by atoms with van der Waals surface area (Å²) in [6.45, 7) is 3.79. The van der Waals surface area contributed by atoms with Crippen molar-refractivity contribution < 1.29 is 9.50 Å². The topological polar surface area (TPSA) is 125 Å². The number of hydrogen-bond acceptors (Lipinski definition) is 8. The Hall–Kier alpha value is -4.64. The van der Waals surface area contributed by atoms with E-state index in [1.54, 1.807) is 28.4 Å². The van der Waals surface area contributed by atoms with Crippen LogP contribution in [0.1, 0.15) is 17.1 Å². The summed E-state index contributed by atoms with van der Waals surface area (Å²) in [6, 6.07) is 12.9. The molecular formula is C26H20FN7O2S. The van der Waals surface area contributed by atoms with Gasteiger partial charge in [0, 0.05) is 23.5 Å². The Morgan fingerprint density at radius 2 is 1.92 bits per heavy atom. The third-order valence-corrected chi connectivity index (χ3v) is 7.05. The summed E-state index contributed by atoms with van der Waals surface area (Å²) in [5, 5.41) is 15.7. The molecule has 6 aromatic rings. The van der Waals surface area contributed by atoms with Gasteiger partial charge in [0.1, 0.15) is 35.0 Å². The summed E-state index contributed by atoms with van der Waals surface area (Å²) in [7, 11) is 0. The van der Waals surface area contributed by atoms with Crippen molar-refractivity contribution in [3.05, 3.63) is 88.0 Å². The zero-order chi connectivity index (χ0) is 25.8. The number of nitrogens with zero attached hydrogens (tertiary/aromatic N) is 6. The van der Waals surface area contributed by atoms with Crippen LogP contribution in [0.15, 0.2) is 59.5 Å². The van der Waals surface area contributed by atoms with Crippen LogP contribution in [-0.2, 0) is 6.54 Å². The maximum Gasteiger partial charge on any atom is 0.268 e. The van der Waals surface area contributed by atoms with Crippen molar-refractivity contribution >= 4 is 38.5 Å². The minimum absolute atomic E-state index is 0.0741. The lowest BCUT2D eigenvalue weighted by Crippen LogP contribution is -2.26. The van der Waals surface area contributed by atoms with E-state index in [1.807, 2.05) is 31.2 Å². The van der Waals surface area contributed by atoms with Crippen molar-refractivity contribution in [1.29, 1.82) is 0 Å². The highest BCUT2D eigenvalue weighted by molar-refractivity contribution is 7.12. The van der Waals surface area contributed by atoms with Crippen LogP contribution in [0, 0.1) is 19.7 Å². The number of anilines is 1. The van der Waals surface area contributed by atoms with Crippen LogP contribution in [0.25, 0.3) is 38.2 Å². The monoisotopic (exact) mass is 513 g/mol. The summed E-state index contributed by atoms with van der Waals surface area (Å²) in [5.41, 5.74) is 9.82. The largest absolute Gasteiger partial charge is 0.508 e. The number of para-hydroxylation sites is 1. The van der Waals surface area contributed by atoms with E-state index in [1.165, 1.54) is 12.1 Å². The molecule has 37 heavy (non-hydrogen) atoms. The molecule has 3 N–H and O–H groups in total. The molecule has 0 aliphatic heterocycles. The molecule has 0 unspecified atom stereocenters. The molecule has 0 aliphatic rings. The van der Waals surface area contributed by atoms with Gasteiger partial charge in [0.15, 0.2) is 10.5 Å². The van der Waals surface area contributed by atoms with Gasteiger partial charge in [-0.05, 0) is 55.2 Å². The maximum absolute atomic E-state index is 14.1. The van der Waals surface area contributed by atoms with Gasteiger partial charge in [-0.15, -0.1) is 0 Å². The predicted molar refractivity (Wildman–Crippen MR) is 141 cm³/mol. The first-order valence-electron chi connectivity index (χ1n) is 11.4. The van der Waals surface area contributed by atoms with Crippen molar-refractivity contribution in [1.82, 2.24) is 28.7 Å². The zero-order valence-electron chi connectivity index (χ0n) is 19.8. The fraction of sp³-hybridized carbons (Fsp3) is 0.115. The number of fused-ring (bicyclic) bond motifs is 2. The summed E-state index contributed by atoms with van der Waals surface area (Å²) in [5.74, 6) is -0.416. The highest BCUT2D eigenvalue weighted by Crippen LogP contribution is 2.33. The standard InChI is InChI=1S/C26H20FN7O2S/c1-13-5-3-4-6-19(13)34-20(30-25-21(26(34)36)14(2)32-37-25)12-33-24-22(18(28)7-8-29-24)23(31-33)15-9-16(27)11-17(35)10-15/h3-11,35H,12H2,1-2H3,(H2,28,29). The van der Waals surface area contributed by atoms with Gasteiger partial charge < -0.3 is 10.8 Å². The van der Waals surface area contributed by atoms with Crippen LogP contribution in [0.5, 0.6) is 5.75 Å². The van der Waals surface area contributed by atoms with Crippen molar-refractivity contribution in [3.8, 4) is 22.7 Å². The minimum atomic E-state index is -0.610. The van der Waals surface area contributed by atoms with Crippen LogP contribution < -0.4 is 11.3 Å². The molecule has 0 saturated heterocycles. The lowest BCUT2D eigenvalue weighted by Gasteiger charge is -2.15. The third-order valence-electron chi connectivity index (χ3n) is 6.22. The van der Waals surface area contributed by atoms with E-state index in [9.17, 15) is 14.3 Å². The average Bonchev–Trinajstić information content (AvgIpc) is 3.41. The smallest absolute Gasteiger partial charge is 0.268 e. The number of rotatable bonds is 4. The van der Waals surface area contributed by atoms with Crippen molar-refractivity contribution in [2.45, 2.75) is 20.4 Å². The molecule has 2 aromatic carbocycles. The molecule has 9 nitrogen and oxygen atoms in total. The van der Waals surface area contributed by atoms with Gasteiger partial charge in [0.05, 0.1) is 16.8 Å². The van der Waals surface area contributed by atoms with Crippen LogP contribution in [0.3, 0.4) is 0 Å². The average molecular weight is 514 g/mol. The molecule has 0 atom stereocenters. The van der Waals surface area contributed by atoms with Gasteiger partial charge in [0.25, 0.3) is 5.56 Å². The molecular weight excluding hydrogens is 493 g/mol. The SMILES string of the molecule is Cc1ccccc1-n1c(Cn2nc(-c3cc(O)cc(F)c3)c3c(N)ccnc32)nc2snc(C)c2c1=O. The van der Waals surface area contributed by atoms with E-state index < -0.39 is 5.82 Å². The Morgan fingerprint density at radius 3 is 2.70 bits per heavy atom. The van der Waals surface area contributed by atoms with E-state index in [4.69, 9.17) is 15.8 Å².